The first kappa shape index (κ1) is 15.7. The first-order valence-corrected chi connectivity index (χ1v) is 1.63. The second-order valence-corrected chi connectivity index (χ2v) is 0.470. The Morgan fingerprint density at radius 2 is 1.50 bits per heavy atom. The van der Waals surface area contributed by atoms with Gasteiger partial charge in [0, 0.05) is 0 Å². The quantitative estimate of drug-likeness (QED) is 0.348. The first-order valence-electron chi connectivity index (χ1n) is 0.965. The summed E-state index contributed by atoms with van der Waals surface area (Å²) in [7, 11) is 0. The molecule has 0 rings (SSSR count). The number of rotatable bonds is 0. The minimum Gasteiger partial charge on any atom is -0.565 e. The fourth-order valence-corrected chi connectivity index (χ4v) is 0. The monoisotopic (exact) mass is 148 g/mol. The Hall–Kier alpha value is 0.0900. The summed E-state index contributed by atoms with van der Waals surface area (Å²) in [5.74, 6) is 0. The summed E-state index contributed by atoms with van der Waals surface area (Å²) in [5.41, 5.74) is 0. The molecule has 0 fully saturated rings. The van der Waals surface area contributed by atoms with Gasteiger partial charge in [-0.2, -0.15) is 8.42 Å². The summed E-state index contributed by atoms with van der Waals surface area (Å²) >= 11 is -0.750. The van der Waals surface area contributed by atoms with Gasteiger partial charge in [0.1, 0.15) is 0 Å². The smallest absolute Gasteiger partial charge is 0.565 e. The standard InChI is InChI=1S/CH2O3.Na.O2S/c2-1(3)4;;1-3-2/h(H2,2,3,4);;/q;+1;/p-1. The SMILES string of the molecule is O=C([O-])O.O=S=O.[Na+]. The van der Waals surface area contributed by atoms with Crippen molar-refractivity contribution in [1.82, 2.24) is 0 Å². The van der Waals surface area contributed by atoms with Crippen molar-refractivity contribution in [3.63, 3.8) is 0 Å². The largest absolute Gasteiger partial charge is 1.00 e. The summed E-state index contributed by atoms with van der Waals surface area (Å²) < 4.78 is 16.6. The van der Waals surface area contributed by atoms with E-state index in [0.717, 1.165) is 0 Å². The molecule has 0 saturated heterocycles. The van der Waals surface area contributed by atoms with E-state index < -0.39 is 17.7 Å². The Morgan fingerprint density at radius 3 is 1.50 bits per heavy atom. The van der Waals surface area contributed by atoms with Crippen molar-refractivity contribution in [3.8, 4) is 0 Å². The first-order chi connectivity index (χ1) is 3.15. The summed E-state index contributed by atoms with van der Waals surface area (Å²) in [6.07, 6.45) is -2.08. The van der Waals surface area contributed by atoms with E-state index in [1.54, 1.807) is 0 Å². The van der Waals surface area contributed by atoms with Crippen LogP contribution in [0.25, 0.3) is 0 Å². The van der Waals surface area contributed by atoms with Crippen molar-refractivity contribution in [3.05, 3.63) is 0 Å². The van der Waals surface area contributed by atoms with Gasteiger partial charge in [0.15, 0.2) is 0 Å². The molecule has 0 aliphatic heterocycles. The topological polar surface area (TPSA) is 94.5 Å². The van der Waals surface area contributed by atoms with Crippen LogP contribution in [0.1, 0.15) is 0 Å². The predicted molar refractivity (Wildman–Crippen MR) is 16.9 cm³/mol. The van der Waals surface area contributed by atoms with Crippen molar-refractivity contribution < 1.29 is 53.0 Å². The van der Waals surface area contributed by atoms with Crippen LogP contribution in [-0.4, -0.2) is 19.7 Å². The maximum atomic E-state index is 8.44. The fourth-order valence-electron chi connectivity index (χ4n) is 0. The second kappa shape index (κ2) is 15.7. The molecule has 0 heterocycles. The van der Waals surface area contributed by atoms with Gasteiger partial charge in [-0.25, -0.2) is 0 Å². The molecule has 0 aromatic heterocycles. The van der Waals surface area contributed by atoms with Gasteiger partial charge in [-0.3, -0.25) is 0 Å². The Bertz CT molecular complexity index is 80.4. The Labute approximate surface area is 70.6 Å². The molecule has 1 N–H and O–H groups in total. The number of hydrogen-bond acceptors (Lipinski definition) is 4. The summed E-state index contributed by atoms with van der Waals surface area (Å²) in [6.45, 7) is 0. The average molecular weight is 148 g/mol. The van der Waals surface area contributed by atoms with Gasteiger partial charge in [0.25, 0.3) is 0 Å². The minimum atomic E-state index is -2.08. The Kier molecular flexibility index (Phi) is 30.8. The van der Waals surface area contributed by atoms with Gasteiger partial charge in [0.2, 0.25) is 6.16 Å². The van der Waals surface area contributed by atoms with Crippen LogP contribution in [-0.2, 0) is 11.6 Å². The molecule has 0 spiro atoms. The zero-order valence-corrected chi connectivity index (χ0v) is 6.80. The van der Waals surface area contributed by atoms with E-state index in [4.69, 9.17) is 23.4 Å². The van der Waals surface area contributed by atoms with E-state index >= 15 is 0 Å². The molecule has 0 aromatic rings. The molecule has 0 aliphatic carbocycles. The maximum Gasteiger partial charge on any atom is 1.00 e. The summed E-state index contributed by atoms with van der Waals surface area (Å²) in [6, 6.07) is 0. The van der Waals surface area contributed by atoms with Crippen LogP contribution < -0.4 is 34.7 Å². The molecular weight excluding hydrogens is 147 g/mol. The average Bonchev–Trinajstić information content (AvgIpc) is 1.33. The molecule has 0 radical (unpaired) electrons. The predicted octanol–water partition coefficient (Wildman–Crippen LogP) is -4.78. The maximum absolute atomic E-state index is 8.44. The van der Waals surface area contributed by atoms with E-state index in [0.29, 0.717) is 0 Å². The Balaban J connectivity index is -0.0000000575. The van der Waals surface area contributed by atoms with Crippen molar-refractivity contribution in [2.45, 2.75) is 0 Å². The van der Waals surface area contributed by atoms with Crippen LogP contribution in [0, 0.1) is 0 Å². The molecule has 5 nitrogen and oxygen atoms in total. The van der Waals surface area contributed by atoms with Gasteiger partial charge in [-0.05, 0) is 0 Å². The van der Waals surface area contributed by atoms with E-state index in [9.17, 15) is 0 Å². The number of hydrogen-bond donors (Lipinski definition) is 1. The van der Waals surface area contributed by atoms with Gasteiger partial charge >= 0.3 is 41.1 Å². The van der Waals surface area contributed by atoms with E-state index in [1.165, 1.54) is 0 Å². The van der Waals surface area contributed by atoms with Crippen LogP contribution in [0.3, 0.4) is 0 Å². The van der Waals surface area contributed by atoms with Gasteiger partial charge in [-0.15, -0.1) is 0 Å². The van der Waals surface area contributed by atoms with Crippen LogP contribution >= 0.6 is 0 Å². The van der Waals surface area contributed by atoms with Gasteiger partial charge < -0.3 is 15.0 Å². The molecule has 0 bridgehead atoms. The van der Waals surface area contributed by atoms with Crippen LogP contribution in [0.5, 0.6) is 0 Å². The van der Waals surface area contributed by atoms with E-state index in [2.05, 4.69) is 0 Å². The third kappa shape index (κ3) is 19500. The molecule has 0 unspecified atom stereocenters. The third-order valence-corrected chi connectivity index (χ3v) is 0. The second-order valence-electron chi connectivity index (χ2n) is 0.334. The fraction of sp³-hybridized carbons (Fsp3) is 0. The van der Waals surface area contributed by atoms with Gasteiger partial charge in [-0.1, -0.05) is 0 Å². The Morgan fingerprint density at radius 1 is 1.50 bits per heavy atom. The van der Waals surface area contributed by atoms with Crippen LogP contribution in [0.4, 0.5) is 4.79 Å². The van der Waals surface area contributed by atoms with E-state index in [1.807, 2.05) is 0 Å². The molecule has 0 aromatic carbocycles. The summed E-state index contributed by atoms with van der Waals surface area (Å²) in [4.78, 5) is 8.44. The number of carbonyl (C=O) groups is 1. The molecule has 0 atom stereocenters. The summed E-state index contributed by atoms with van der Waals surface area (Å²) in [5, 5.41) is 15.3. The number of carboxylic acid groups (broad SMARTS) is 2. The molecule has 42 valence electrons. The van der Waals surface area contributed by atoms with Crippen LogP contribution in [0.2, 0.25) is 0 Å². The van der Waals surface area contributed by atoms with Crippen molar-refractivity contribution >= 4 is 17.7 Å². The van der Waals surface area contributed by atoms with E-state index in [-0.39, 0.29) is 29.6 Å². The zero-order chi connectivity index (χ0) is 6.28. The molecule has 0 amide bonds. The molecule has 0 aliphatic rings. The van der Waals surface area contributed by atoms with Crippen molar-refractivity contribution in [1.29, 1.82) is 0 Å². The third-order valence-electron chi connectivity index (χ3n) is 0. The van der Waals surface area contributed by atoms with Gasteiger partial charge in [0.05, 0.1) is 0 Å². The normalized spacial score (nSPS) is 4.50. The van der Waals surface area contributed by atoms with Crippen molar-refractivity contribution in [2.75, 3.05) is 0 Å². The molecule has 8 heavy (non-hydrogen) atoms. The molecule has 7 heteroatoms. The van der Waals surface area contributed by atoms with Crippen LogP contribution in [0.15, 0.2) is 0 Å². The molecule has 0 saturated carbocycles. The van der Waals surface area contributed by atoms with Crippen molar-refractivity contribution in [2.24, 2.45) is 0 Å². The zero-order valence-electron chi connectivity index (χ0n) is 3.99. The minimum absolute atomic E-state index is 0. The molecular formula is CHNaO5S.